The summed E-state index contributed by atoms with van der Waals surface area (Å²) in [5, 5.41) is 9.65. The van der Waals surface area contributed by atoms with E-state index in [1.807, 2.05) is 6.92 Å². The van der Waals surface area contributed by atoms with Crippen LogP contribution >= 0.6 is 0 Å². The fourth-order valence-corrected chi connectivity index (χ4v) is 4.40. The highest BCUT2D eigenvalue weighted by molar-refractivity contribution is 7.89. The highest BCUT2D eigenvalue weighted by Crippen LogP contribution is 2.19. The number of nitrogens with zero attached hydrogens (tertiary/aromatic N) is 2. The van der Waals surface area contributed by atoms with Crippen molar-refractivity contribution < 1.29 is 27.9 Å². The topological polar surface area (TPSA) is 104 Å². The molecule has 29 heavy (non-hydrogen) atoms. The van der Waals surface area contributed by atoms with Gasteiger partial charge in [0.2, 0.25) is 10.0 Å². The molecule has 1 heterocycles. The number of esters is 1. The van der Waals surface area contributed by atoms with Crippen molar-refractivity contribution in [2.75, 3.05) is 32.8 Å². The Hall–Kier alpha value is -2.91. The Kier molecular flexibility index (Phi) is 6.19. The van der Waals surface area contributed by atoms with Crippen molar-refractivity contribution in [3.8, 4) is 5.75 Å². The molecule has 0 atom stereocenters. The second-order valence-corrected chi connectivity index (χ2v) is 8.63. The van der Waals surface area contributed by atoms with E-state index in [-0.39, 0.29) is 42.4 Å². The summed E-state index contributed by atoms with van der Waals surface area (Å²) in [5.41, 5.74) is 0.951. The molecule has 1 amide bonds. The number of hydrogen-bond acceptors (Lipinski definition) is 6. The average molecular weight is 418 g/mol. The van der Waals surface area contributed by atoms with E-state index >= 15 is 0 Å². The lowest BCUT2D eigenvalue weighted by molar-refractivity contribution is -0.135. The Balaban J connectivity index is 1.53. The van der Waals surface area contributed by atoms with E-state index < -0.39 is 28.5 Å². The number of piperazine rings is 1. The molecular weight excluding hydrogens is 396 g/mol. The van der Waals surface area contributed by atoms with Gasteiger partial charge < -0.3 is 14.7 Å². The van der Waals surface area contributed by atoms with Gasteiger partial charge in [-0.1, -0.05) is 29.8 Å². The van der Waals surface area contributed by atoms with Crippen molar-refractivity contribution >= 4 is 21.9 Å². The summed E-state index contributed by atoms with van der Waals surface area (Å²) in [6.45, 7) is 2.14. The molecule has 9 heteroatoms. The van der Waals surface area contributed by atoms with Crippen LogP contribution in [0.1, 0.15) is 15.9 Å². The summed E-state index contributed by atoms with van der Waals surface area (Å²) >= 11 is 0. The summed E-state index contributed by atoms with van der Waals surface area (Å²) in [7, 11) is -3.61. The van der Waals surface area contributed by atoms with Crippen LogP contribution in [-0.4, -0.2) is 67.4 Å². The van der Waals surface area contributed by atoms with Crippen LogP contribution < -0.4 is 0 Å². The first-order chi connectivity index (χ1) is 13.8. The first-order valence-corrected chi connectivity index (χ1v) is 10.5. The molecule has 0 unspecified atom stereocenters. The van der Waals surface area contributed by atoms with Crippen molar-refractivity contribution in [2.24, 2.45) is 0 Å². The van der Waals surface area contributed by atoms with Gasteiger partial charge in [0, 0.05) is 26.2 Å². The zero-order valence-electron chi connectivity index (χ0n) is 15.9. The highest BCUT2D eigenvalue weighted by atomic mass is 32.2. The van der Waals surface area contributed by atoms with Crippen LogP contribution in [-0.2, 0) is 19.6 Å². The lowest BCUT2D eigenvalue weighted by atomic mass is 10.2. The van der Waals surface area contributed by atoms with Gasteiger partial charge in [0.25, 0.3) is 5.91 Å². The number of phenols is 1. The second kappa shape index (κ2) is 8.62. The van der Waals surface area contributed by atoms with E-state index in [1.54, 1.807) is 36.4 Å². The third-order valence-electron chi connectivity index (χ3n) is 4.70. The molecule has 0 saturated carbocycles. The fourth-order valence-electron chi connectivity index (χ4n) is 2.98. The zero-order valence-corrected chi connectivity index (χ0v) is 16.8. The molecule has 0 aromatic heterocycles. The number of aromatic hydroxyl groups is 1. The van der Waals surface area contributed by atoms with Crippen LogP contribution in [0.4, 0.5) is 0 Å². The maximum absolute atomic E-state index is 12.7. The van der Waals surface area contributed by atoms with Crippen LogP contribution in [0.15, 0.2) is 53.4 Å². The van der Waals surface area contributed by atoms with Gasteiger partial charge in [-0.3, -0.25) is 4.79 Å². The van der Waals surface area contributed by atoms with Crippen molar-refractivity contribution in [3.05, 3.63) is 59.7 Å². The van der Waals surface area contributed by atoms with Crippen molar-refractivity contribution in [1.29, 1.82) is 0 Å². The first-order valence-electron chi connectivity index (χ1n) is 9.09. The van der Waals surface area contributed by atoms with E-state index in [9.17, 15) is 23.1 Å². The molecule has 0 aliphatic carbocycles. The Bertz CT molecular complexity index is 996. The molecule has 2 aromatic carbocycles. The van der Waals surface area contributed by atoms with Gasteiger partial charge in [-0.15, -0.1) is 0 Å². The molecule has 1 saturated heterocycles. The van der Waals surface area contributed by atoms with E-state index in [4.69, 9.17) is 4.74 Å². The number of amides is 1. The summed E-state index contributed by atoms with van der Waals surface area (Å²) < 4.78 is 31.7. The minimum absolute atomic E-state index is 0.0192. The molecule has 2 aromatic rings. The molecule has 1 aliphatic heterocycles. The van der Waals surface area contributed by atoms with Crippen LogP contribution in [0.5, 0.6) is 5.75 Å². The van der Waals surface area contributed by atoms with Gasteiger partial charge in [0.15, 0.2) is 6.61 Å². The Morgan fingerprint density at radius 1 is 1.00 bits per heavy atom. The predicted octanol–water partition coefficient (Wildman–Crippen LogP) is 1.39. The Morgan fingerprint density at radius 3 is 2.24 bits per heavy atom. The smallest absolute Gasteiger partial charge is 0.342 e. The molecule has 1 aliphatic rings. The quantitative estimate of drug-likeness (QED) is 0.736. The number of para-hydroxylation sites is 1. The average Bonchev–Trinajstić information content (AvgIpc) is 2.72. The summed E-state index contributed by atoms with van der Waals surface area (Å²) in [5.74, 6) is -1.43. The molecule has 3 rings (SSSR count). The monoisotopic (exact) mass is 418 g/mol. The summed E-state index contributed by atoms with van der Waals surface area (Å²) in [6.07, 6.45) is 0. The molecule has 1 fully saturated rings. The number of carbonyl (C=O) groups is 2. The lowest BCUT2D eigenvalue weighted by Crippen LogP contribution is -2.51. The number of sulfonamides is 1. The molecule has 8 nitrogen and oxygen atoms in total. The molecule has 154 valence electrons. The van der Waals surface area contributed by atoms with Gasteiger partial charge in [-0.05, 0) is 31.2 Å². The van der Waals surface area contributed by atoms with E-state index in [0.29, 0.717) is 0 Å². The van der Waals surface area contributed by atoms with Crippen LogP contribution in [0.3, 0.4) is 0 Å². The molecule has 0 spiro atoms. The number of benzene rings is 2. The number of carbonyl (C=O) groups excluding carboxylic acids is 2. The van der Waals surface area contributed by atoms with Crippen LogP contribution in [0, 0.1) is 6.92 Å². The maximum Gasteiger partial charge on any atom is 0.342 e. The van der Waals surface area contributed by atoms with Gasteiger partial charge in [-0.2, -0.15) is 4.31 Å². The van der Waals surface area contributed by atoms with Crippen LogP contribution in [0.25, 0.3) is 0 Å². The SMILES string of the molecule is Cc1ccc(S(=O)(=O)N2CCN(C(=O)COC(=O)c3ccccc3O)CC2)cc1. The van der Waals surface area contributed by atoms with Crippen LogP contribution in [0.2, 0.25) is 0 Å². The largest absolute Gasteiger partial charge is 0.507 e. The number of hydrogen-bond donors (Lipinski definition) is 1. The fraction of sp³-hybridized carbons (Fsp3) is 0.300. The normalized spacial score (nSPS) is 15.1. The highest BCUT2D eigenvalue weighted by Gasteiger charge is 2.30. The Labute approximate surface area is 169 Å². The van der Waals surface area contributed by atoms with Gasteiger partial charge >= 0.3 is 5.97 Å². The molecule has 1 N–H and O–H groups in total. The standard InChI is InChI=1S/C20H22N2O6S/c1-15-6-8-16(9-7-15)29(26,27)22-12-10-21(11-13-22)19(24)14-28-20(25)17-4-2-3-5-18(17)23/h2-9,23H,10-14H2,1H3. The number of rotatable bonds is 5. The number of phenolic OH excluding ortho intramolecular Hbond substituents is 1. The minimum Gasteiger partial charge on any atom is -0.507 e. The summed E-state index contributed by atoms with van der Waals surface area (Å²) in [6, 6.07) is 12.5. The second-order valence-electron chi connectivity index (χ2n) is 6.69. The predicted molar refractivity (Wildman–Crippen MR) is 105 cm³/mol. The van der Waals surface area contributed by atoms with E-state index in [0.717, 1.165) is 5.56 Å². The third-order valence-corrected chi connectivity index (χ3v) is 6.61. The van der Waals surface area contributed by atoms with Crippen molar-refractivity contribution in [1.82, 2.24) is 9.21 Å². The van der Waals surface area contributed by atoms with E-state index in [2.05, 4.69) is 0 Å². The molecule has 0 radical (unpaired) electrons. The van der Waals surface area contributed by atoms with Crippen molar-refractivity contribution in [3.63, 3.8) is 0 Å². The first kappa shape index (κ1) is 20.8. The van der Waals surface area contributed by atoms with E-state index in [1.165, 1.54) is 21.3 Å². The summed E-state index contributed by atoms with van der Waals surface area (Å²) in [4.78, 5) is 26.0. The van der Waals surface area contributed by atoms with Crippen molar-refractivity contribution in [2.45, 2.75) is 11.8 Å². The minimum atomic E-state index is -3.61. The van der Waals surface area contributed by atoms with Gasteiger partial charge in [0.1, 0.15) is 11.3 Å². The zero-order chi connectivity index (χ0) is 21.0. The van der Waals surface area contributed by atoms with Gasteiger partial charge in [-0.25, -0.2) is 13.2 Å². The maximum atomic E-state index is 12.7. The third kappa shape index (κ3) is 4.75. The molecule has 0 bridgehead atoms. The lowest BCUT2D eigenvalue weighted by Gasteiger charge is -2.33. The Morgan fingerprint density at radius 2 is 1.62 bits per heavy atom. The van der Waals surface area contributed by atoms with Gasteiger partial charge in [0.05, 0.1) is 4.90 Å². The molecular formula is C20H22N2O6S. The number of ether oxygens (including phenoxy) is 1. The number of aryl methyl sites for hydroxylation is 1.